The highest BCUT2D eigenvalue weighted by Gasteiger charge is 2.25. The van der Waals surface area contributed by atoms with Crippen molar-refractivity contribution in [1.29, 1.82) is 0 Å². The van der Waals surface area contributed by atoms with E-state index in [1.165, 1.54) is 22.9 Å². The highest BCUT2D eigenvalue weighted by Crippen LogP contribution is 2.28. The molecule has 3 heterocycles. The Bertz CT molecular complexity index is 1540. The van der Waals surface area contributed by atoms with E-state index in [0.717, 1.165) is 0 Å². The molecule has 0 saturated carbocycles. The number of pyridine rings is 2. The van der Waals surface area contributed by atoms with Crippen LogP contribution in [0.1, 0.15) is 43.5 Å². The molecule has 3 aromatic rings. The molecule has 1 saturated heterocycles. The summed E-state index contributed by atoms with van der Waals surface area (Å²) < 4.78 is 21.3. The van der Waals surface area contributed by atoms with E-state index >= 15 is 4.39 Å². The number of nitrogens with zero attached hydrogens (tertiary/aromatic N) is 4. The number of aromatic carboxylic acids is 1. The number of aryl methyl sites for hydroxylation is 1. The molecule has 0 radical (unpaired) electrons. The van der Waals surface area contributed by atoms with Gasteiger partial charge in [-0.2, -0.15) is 0 Å². The maximum Gasteiger partial charge on any atom is 0.341 e. The summed E-state index contributed by atoms with van der Waals surface area (Å²) in [5.41, 5.74) is -0.0883. The second-order valence-corrected chi connectivity index (χ2v) is 9.96. The van der Waals surface area contributed by atoms with Crippen LogP contribution in [-0.2, 0) is 26.2 Å². The van der Waals surface area contributed by atoms with E-state index in [9.17, 15) is 29.1 Å². The molecule has 4 rings (SSSR count). The molecule has 12 heteroatoms. The molecule has 0 aliphatic carbocycles. The van der Waals surface area contributed by atoms with Gasteiger partial charge in [-0.1, -0.05) is 13.8 Å². The molecule has 1 aliphatic heterocycles. The van der Waals surface area contributed by atoms with Crippen LogP contribution in [0.15, 0.2) is 29.2 Å². The van der Waals surface area contributed by atoms with E-state index in [1.807, 2.05) is 13.8 Å². The fraction of sp³-hybridized carbons (Fsp3) is 0.407. The number of carbonyl (C=O) groups excluding carboxylic acids is 3. The number of piperazine rings is 1. The van der Waals surface area contributed by atoms with Crippen LogP contribution in [0, 0.1) is 11.7 Å². The van der Waals surface area contributed by atoms with Crippen molar-refractivity contribution in [3.63, 3.8) is 0 Å². The standard InChI is InChI=1S/C27H29FN4O7/c1-15(2)10-24(35)39-23(34)5-4-22(33)32-8-6-31(7-9-32)21-13-20-16(12-19(21)28)11-17-25(36)18(27(37)38)14-30(3)26(17)29-20/h11-15H,4-10H2,1-3H3,(H,37,38). The zero-order valence-corrected chi connectivity index (χ0v) is 21.9. The molecule has 1 fully saturated rings. The third kappa shape index (κ3) is 6.05. The van der Waals surface area contributed by atoms with Gasteiger partial charge in [-0.25, -0.2) is 14.2 Å². The Morgan fingerprint density at radius 1 is 1.05 bits per heavy atom. The minimum absolute atomic E-state index is 0.0616. The van der Waals surface area contributed by atoms with E-state index in [0.29, 0.717) is 42.8 Å². The van der Waals surface area contributed by atoms with Gasteiger partial charge in [0.2, 0.25) is 11.3 Å². The Labute approximate surface area is 222 Å². The first-order chi connectivity index (χ1) is 18.4. The summed E-state index contributed by atoms with van der Waals surface area (Å²) in [7, 11) is 1.58. The topological polar surface area (TPSA) is 139 Å². The summed E-state index contributed by atoms with van der Waals surface area (Å²) in [5, 5.41) is 9.73. The van der Waals surface area contributed by atoms with Crippen molar-refractivity contribution in [2.75, 3.05) is 31.1 Å². The van der Waals surface area contributed by atoms with Crippen LogP contribution < -0.4 is 10.3 Å². The third-order valence-electron chi connectivity index (χ3n) is 6.56. The fourth-order valence-electron chi connectivity index (χ4n) is 4.58. The normalized spacial score (nSPS) is 13.8. The maximum atomic E-state index is 15.1. The number of hydrogen-bond acceptors (Lipinski definition) is 8. The molecule has 39 heavy (non-hydrogen) atoms. The number of amides is 1. The molecule has 1 N–H and O–H groups in total. The summed E-state index contributed by atoms with van der Waals surface area (Å²) in [6, 6.07) is 4.27. The number of carboxylic acid groups (broad SMARTS) is 1. The van der Waals surface area contributed by atoms with Crippen LogP contribution in [0.5, 0.6) is 0 Å². The maximum absolute atomic E-state index is 15.1. The fourth-order valence-corrected chi connectivity index (χ4v) is 4.58. The lowest BCUT2D eigenvalue weighted by molar-refractivity contribution is -0.161. The monoisotopic (exact) mass is 540 g/mol. The van der Waals surface area contributed by atoms with E-state index in [2.05, 4.69) is 4.98 Å². The first kappa shape index (κ1) is 27.7. The molecule has 206 valence electrons. The number of esters is 2. The highest BCUT2D eigenvalue weighted by atomic mass is 19.1. The number of carboxylic acids is 1. The molecule has 1 amide bonds. The van der Waals surface area contributed by atoms with Crippen molar-refractivity contribution < 1.29 is 33.4 Å². The molecule has 1 aliphatic rings. The number of ether oxygens (including phenoxy) is 1. The summed E-state index contributed by atoms with van der Waals surface area (Å²) >= 11 is 0. The number of anilines is 1. The lowest BCUT2D eigenvalue weighted by Crippen LogP contribution is -2.49. The third-order valence-corrected chi connectivity index (χ3v) is 6.56. The van der Waals surface area contributed by atoms with Crippen molar-refractivity contribution in [1.82, 2.24) is 14.5 Å². The summed E-state index contributed by atoms with van der Waals surface area (Å²) in [6.45, 7) is 4.99. The van der Waals surface area contributed by atoms with E-state index in [1.54, 1.807) is 22.9 Å². The first-order valence-corrected chi connectivity index (χ1v) is 12.6. The Morgan fingerprint density at radius 2 is 1.74 bits per heavy atom. The van der Waals surface area contributed by atoms with Crippen LogP contribution in [0.4, 0.5) is 10.1 Å². The highest BCUT2D eigenvalue weighted by molar-refractivity contribution is 5.97. The van der Waals surface area contributed by atoms with Crippen molar-refractivity contribution in [3.05, 3.63) is 46.0 Å². The minimum atomic E-state index is -1.35. The van der Waals surface area contributed by atoms with Crippen LogP contribution in [0.3, 0.4) is 0 Å². The van der Waals surface area contributed by atoms with Crippen molar-refractivity contribution in [2.24, 2.45) is 13.0 Å². The van der Waals surface area contributed by atoms with Gasteiger partial charge in [-0.05, 0) is 24.1 Å². The summed E-state index contributed by atoms with van der Waals surface area (Å²) in [4.78, 5) is 67.9. The second-order valence-electron chi connectivity index (χ2n) is 9.96. The van der Waals surface area contributed by atoms with Gasteiger partial charge in [0.15, 0.2) is 0 Å². The van der Waals surface area contributed by atoms with Gasteiger partial charge in [-0.15, -0.1) is 0 Å². The average molecular weight is 541 g/mol. The Kier molecular flexibility index (Phi) is 7.93. The smallest absolute Gasteiger partial charge is 0.341 e. The quantitative estimate of drug-likeness (QED) is 0.272. The van der Waals surface area contributed by atoms with Crippen LogP contribution in [0.2, 0.25) is 0 Å². The Balaban J connectivity index is 1.44. The Morgan fingerprint density at radius 3 is 2.38 bits per heavy atom. The molecule has 11 nitrogen and oxygen atoms in total. The number of carbonyl (C=O) groups is 4. The predicted molar refractivity (Wildman–Crippen MR) is 140 cm³/mol. The van der Waals surface area contributed by atoms with Gasteiger partial charge < -0.3 is 24.2 Å². The summed E-state index contributed by atoms with van der Waals surface area (Å²) in [5.74, 6) is -3.43. The van der Waals surface area contributed by atoms with Gasteiger partial charge in [0.05, 0.1) is 23.0 Å². The summed E-state index contributed by atoms with van der Waals surface area (Å²) in [6.07, 6.45) is 1.05. The number of hydrogen-bond donors (Lipinski definition) is 1. The zero-order valence-electron chi connectivity index (χ0n) is 21.9. The first-order valence-electron chi connectivity index (χ1n) is 12.6. The predicted octanol–water partition coefficient (Wildman–Crippen LogP) is 2.47. The van der Waals surface area contributed by atoms with E-state index in [4.69, 9.17) is 4.74 Å². The van der Waals surface area contributed by atoms with E-state index in [-0.39, 0.29) is 42.1 Å². The van der Waals surface area contributed by atoms with Gasteiger partial charge in [0.1, 0.15) is 17.0 Å². The number of rotatable bonds is 7. The van der Waals surface area contributed by atoms with Crippen LogP contribution in [-0.4, -0.2) is 69.6 Å². The SMILES string of the molecule is CC(C)CC(=O)OC(=O)CCC(=O)N1CCN(c2cc3nc4c(cc3cc2F)c(=O)c(C(=O)O)cn4C)CC1. The molecule has 2 aromatic heterocycles. The largest absolute Gasteiger partial charge is 0.477 e. The molecule has 0 atom stereocenters. The lowest BCUT2D eigenvalue weighted by Gasteiger charge is -2.36. The average Bonchev–Trinajstić information content (AvgIpc) is 2.87. The molecule has 1 aromatic carbocycles. The van der Waals surface area contributed by atoms with Crippen LogP contribution in [0.25, 0.3) is 21.9 Å². The lowest BCUT2D eigenvalue weighted by atomic mass is 10.1. The van der Waals surface area contributed by atoms with E-state index < -0.39 is 34.7 Å². The number of aromatic nitrogens is 2. The van der Waals surface area contributed by atoms with Gasteiger partial charge in [-0.3, -0.25) is 19.2 Å². The molecule has 0 bridgehead atoms. The molecule has 0 spiro atoms. The van der Waals surface area contributed by atoms with Gasteiger partial charge in [0.25, 0.3) is 0 Å². The molecular formula is C27H29FN4O7. The van der Waals surface area contributed by atoms with Gasteiger partial charge in [0, 0.05) is 57.7 Å². The number of fused-ring (bicyclic) bond motifs is 2. The molecule has 0 unspecified atom stereocenters. The zero-order chi connectivity index (χ0) is 28.4. The second kappa shape index (κ2) is 11.2. The van der Waals surface area contributed by atoms with Gasteiger partial charge >= 0.3 is 17.9 Å². The van der Waals surface area contributed by atoms with Crippen LogP contribution >= 0.6 is 0 Å². The van der Waals surface area contributed by atoms with Crippen molar-refractivity contribution in [3.8, 4) is 0 Å². The Hall–Kier alpha value is -4.35. The molecular weight excluding hydrogens is 511 g/mol. The minimum Gasteiger partial charge on any atom is -0.477 e. The van der Waals surface area contributed by atoms with Crippen molar-refractivity contribution >= 4 is 51.4 Å². The number of benzene rings is 1. The number of halogens is 1. The van der Waals surface area contributed by atoms with Crippen molar-refractivity contribution in [2.45, 2.75) is 33.1 Å².